The van der Waals surface area contributed by atoms with Gasteiger partial charge in [0.05, 0.1) is 6.61 Å². The van der Waals surface area contributed by atoms with Gasteiger partial charge in [0.15, 0.2) is 0 Å². The molecule has 78 valence electrons. The topological polar surface area (TPSA) is 20.2 Å². The molecule has 0 saturated carbocycles. The fraction of sp³-hybridized carbons (Fsp3) is 0.231. The predicted molar refractivity (Wildman–Crippen MR) is 59.6 cm³/mol. The molecule has 2 rings (SSSR count). The maximum absolute atomic E-state index is 13.0. The highest BCUT2D eigenvalue weighted by atomic mass is 19.1. The molecule has 0 fully saturated rings. The number of alkyl halides is 1. The SMILES string of the molecule is OC[C@@H](F)Cc1ccc2ccccc2c1. The molecule has 0 bridgehead atoms. The van der Waals surface area contributed by atoms with Crippen molar-refractivity contribution in [1.82, 2.24) is 0 Å². The smallest absolute Gasteiger partial charge is 0.127 e. The Labute approximate surface area is 88.2 Å². The first-order valence-electron chi connectivity index (χ1n) is 5.02. The predicted octanol–water partition coefficient (Wildman–Crippen LogP) is 2.71. The number of hydrogen-bond donors (Lipinski definition) is 1. The Balaban J connectivity index is 2.30. The van der Waals surface area contributed by atoms with Crippen LogP contribution in [-0.2, 0) is 6.42 Å². The van der Waals surface area contributed by atoms with E-state index in [-0.39, 0.29) is 6.42 Å². The van der Waals surface area contributed by atoms with Crippen molar-refractivity contribution in [2.75, 3.05) is 6.61 Å². The van der Waals surface area contributed by atoms with E-state index >= 15 is 0 Å². The summed E-state index contributed by atoms with van der Waals surface area (Å²) in [7, 11) is 0. The van der Waals surface area contributed by atoms with E-state index in [2.05, 4.69) is 0 Å². The highest BCUT2D eigenvalue weighted by molar-refractivity contribution is 5.82. The molecule has 0 aliphatic heterocycles. The largest absolute Gasteiger partial charge is 0.393 e. The molecule has 15 heavy (non-hydrogen) atoms. The Bertz CT molecular complexity index is 453. The lowest BCUT2D eigenvalue weighted by molar-refractivity contribution is 0.177. The third-order valence-corrected chi connectivity index (χ3v) is 2.47. The van der Waals surface area contributed by atoms with Crippen molar-refractivity contribution in [2.45, 2.75) is 12.6 Å². The molecule has 1 atom stereocenters. The van der Waals surface area contributed by atoms with Gasteiger partial charge in [0, 0.05) is 6.42 Å². The van der Waals surface area contributed by atoms with Crippen LogP contribution in [0.3, 0.4) is 0 Å². The molecule has 0 aliphatic rings. The summed E-state index contributed by atoms with van der Waals surface area (Å²) in [6, 6.07) is 13.8. The molecule has 0 aliphatic carbocycles. The van der Waals surface area contributed by atoms with Crippen LogP contribution in [-0.4, -0.2) is 17.9 Å². The zero-order valence-corrected chi connectivity index (χ0v) is 8.36. The van der Waals surface area contributed by atoms with Crippen LogP contribution in [0.15, 0.2) is 42.5 Å². The second-order valence-corrected chi connectivity index (χ2v) is 3.67. The van der Waals surface area contributed by atoms with Crippen molar-refractivity contribution in [2.24, 2.45) is 0 Å². The Morgan fingerprint density at radius 1 is 1.07 bits per heavy atom. The highest BCUT2D eigenvalue weighted by Gasteiger charge is 2.05. The highest BCUT2D eigenvalue weighted by Crippen LogP contribution is 2.17. The van der Waals surface area contributed by atoms with E-state index in [1.54, 1.807) is 0 Å². The molecule has 0 heterocycles. The van der Waals surface area contributed by atoms with Crippen LogP contribution in [0.2, 0.25) is 0 Å². The summed E-state index contributed by atoms with van der Waals surface area (Å²) in [4.78, 5) is 0. The van der Waals surface area contributed by atoms with Crippen molar-refractivity contribution in [1.29, 1.82) is 0 Å². The molecule has 0 saturated heterocycles. The molecule has 0 aromatic heterocycles. The average Bonchev–Trinajstić information content (AvgIpc) is 2.29. The van der Waals surface area contributed by atoms with Gasteiger partial charge in [0.1, 0.15) is 6.17 Å². The lowest BCUT2D eigenvalue weighted by Crippen LogP contribution is -2.09. The minimum Gasteiger partial charge on any atom is -0.393 e. The first-order chi connectivity index (χ1) is 7.29. The first-order valence-corrected chi connectivity index (χ1v) is 5.02. The van der Waals surface area contributed by atoms with Crippen LogP contribution >= 0.6 is 0 Å². The number of aliphatic hydroxyl groups is 1. The van der Waals surface area contributed by atoms with Crippen molar-refractivity contribution in [3.63, 3.8) is 0 Å². The van der Waals surface area contributed by atoms with E-state index in [4.69, 9.17) is 5.11 Å². The maximum atomic E-state index is 13.0. The normalized spacial score (nSPS) is 12.9. The number of benzene rings is 2. The van der Waals surface area contributed by atoms with Gasteiger partial charge in [-0.05, 0) is 16.3 Å². The summed E-state index contributed by atoms with van der Waals surface area (Å²) < 4.78 is 13.0. The molecular weight excluding hydrogens is 191 g/mol. The molecule has 2 heteroatoms. The third kappa shape index (κ3) is 2.34. The number of aliphatic hydroxyl groups excluding tert-OH is 1. The van der Waals surface area contributed by atoms with Crippen molar-refractivity contribution in [3.05, 3.63) is 48.0 Å². The van der Waals surface area contributed by atoms with Gasteiger partial charge in [-0.3, -0.25) is 0 Å². The van der Waals surface area contributed by atoms with Crippen LogP contribution < -0.4 is 0 Å². The van der Waals surface area contributed by atoms with E-state index in [0.29, 0.717) is 0 Å². The zero-order chi connectivity index (χ0) is 10.7. The number of hydrogen-bond acceptors (Lipinski definition) is 1. The lowest BCUT2D eigenvalue weighted by atomic mass is 10.0. The van der Waals surface area contributed by atoms with Crippen LogP contribution in [0, 0.1) is 0 Å². The van der Waals surface area contributed by atoms with E-state index in [1.165, 1.54) is 0 Å². The van der Waals surface area contributed by atoms with Crippen LogP contribution in [0.25, 0.3) is 10.8 Å². The Kier molecular flexibility index (Phi) is 2.97. The van der Waals surface area contributed by atoms with Gasteiger partial charge in [-0.2, -0.15) is 0 Å². The standard InChI is InChI=1S/C13H13FO/c14-13(9-15)8-10-5-6-11-3-1-2-4-12(11)7-10/h1-7,13,15H,8-9H2/t13-/m0/s1. The molecule has 2 aromatic rings. The van der Waals surface area contributed by atoms with Crippen molar-refractivity contribution < 1.29 is 9.50 Å². The van der Waals surface area contributed by atoms with Gasteiger partial charge >= 0.3 is 0 Å². The quantitative estimate of drug-likeness (QED) is 0.815. The molecule has 2 aromatic carbocycles. The number of fused-ring (bicyclic) bond motifs is 1. The second-order valence-electron chi connectivity index (χ2n) is 3.67. The van der Waals surface area contributed by atoms with Gasteiger partial charge in [-0.15, -0.1) is 0 Å². The molecule has 1 nitrogen and oxygen atoms in total. The summed E-state index contributed by atoms with van der Waals surface area (Å²) in [5.74, 6) is 0. The maximum Gasteiger partial charge on any atom is 0.127 e. The van der Waals surface area contributed by atoms with Gasteiger partial charge in [-0.25, -0.2) is 4.39 Å². The molecule has 0 radical (unpaired) electrons. The summed E-state index contributed by atoms with van der Waals surface area (Å²) >= 11 is 0. The lowest BCUT2D eigenvalue weighted by Gasteiger charge is -2.06. The summed E-state index contributed by atoms with van der Waals surface area (Å²) in [6.07, 6.45) is -0.882. The Hall–Kier alpha value is -1.41. The fourth-order valence-corrected chi connectivity index (χ4v) is 1.69. The van der Waals surface area contributed by atoms with Crippen molar-refractivity contribution in [3.8, 4) is 0 Å². The monoisotopic (exact) mass is 204 g/mol. The Morgan fingerprint density at radius 3 is 2.53 bits per heavy atom. The minimum absolute atomic E-state index is 0.279. The molecule has 0 unspecified atom stereocenters. The van der Waals surface area contributed by atoms with Crippen molar-refractivity contribution >= 4 is 10.8 Å². The van der Waals surface area contributed by atoms with Gasteiger partial charge in [0.2, 0.25) is 0 Å². The minimum atomic E-state index is -1.16. The summed E-state index contributed by atoms with van der Waals surface area (Å²) in [5, 5.41) is 10.9. The summed E-state index contributed by atoms with van der Waals surface area (Å²) in [5.41, 5.74) is 0.926. The van der Waals surface area contributed by atoms with Gasteiger partial charge in [-0.1, -0.05) is 42.5 Å². The van der Waals surface area contributed by atoms with E-state index in [1.807, 2.05) is 42.5 Å². The molecular formula is C13H13FO. The van der Waals surface area contributed by atoms with E-state index in [9.17, 15) is 4.39 Å². The van der Waals surface area contributed by atoms with Gasteiger partial charge in [0.25, 0.3) is 0 Å². The third-order valence-electron chi connectivity index (χ3n) is 2.47. The molecule has 0 amide bonds. The first kappa shape index (κ1) is 10.1. The zero-order valence-electron chi connectivity index (χ0n) is 8.36. The number of halogens is 1. The molecule has 0 spiro atoms. The molecule has 1 N–H and O–H groups in total. The average molecular weight is 204 g/mol. The fourth-order valence-electron chi connectivity index (χ4n) is 1.69. The second kappa shape index (κ2) is 4.41. The Morgan fingerprint density at radius 2 is 1.80 bits per heavy atom. The van der Waals surface area contributed by atoms with Crippen LogP contribution in [0.1, 0.15) is 5.56 Å². The number of rotatable bonds is 3. The summed E-state index contributed by atoms with van der Waals surface area (Å²) in [6.45, 7) is -0.410. The van der Waals surface area contributed by atoms with E-state index < -0.39 is 12.8 Å². The van der Waals surface area contributed by atoms with Crippen LogP contribution in [0.4, 0.5) is 4.39 Å². The van der Waals surface area contributed by atoms with Gasteiger partial charge < -0.3 is 5.11 Å². The van der Waals surface area contributed by atoms with E-state index in [0.717, 1.165) is 16.3 Å². The van der Waals surface area contributed by atoms with Crippen LogP contribution in [0.5, 0.6) is 0 Å².